The summed E-state index contributed by atoms with van der Waals surface area (Å²) in [5, 5.41) is 14.1. The van der Waals surface area contributed by atoms with Gasteiger partial charge in [0.15, 0.2) is 0 Å². The molecule has 6 nitrogen and oxygen atoms in total. The van der Waals surface area contributed by atoms with Gasteiger partial charge in [-0.15, -0.1) is 21.5 Å². The molecule has 0 radical (unpaired) electrons. The number of thiophene rings is 1. The van der Waals surface area contributed by atoms with Crippen molar-refractivity contribution < 1.29 is 4.79 Å². The smallest absolute Gasteiger partial charge is 0.289 e. The Morgan fingerprint density at radius 2 is 2.07 bits per heavy atom. The van der Waals surface area contributed by atoms with Crippen LogP contribution >= 0.6 is 11.3 Å². The number of nitrogens with zero attached hydrogens (tertiary/aromatic N) is 4. The highest BCUT2D eigenvalue weighted by molar-refractivity contribution is 7.09. The van der Waals surface area contributed by atoms with Gasteiger partial charge in [0.1, 0.15) is 5.82 Å². The number of likely N-dealkylation sites (tertiary alicyclic amines) is 1. The number of hydrogen-bond donors (Lipinski definition) is 1. The van der Waals surface area contributed by atoms with E-state index in [0.717, 1.165) is 51.3 Å². The van der Waals surface area contributed by atoms with Gasteiger partial charge in [0.2, 0.25) is 5.82 Å². The molecule has 1 amide bonds. The highest BCUT2D eigenvalue weighted by Crippen LogP contribution is 2.39. The number of fused-ring (bicyclic) bond motifs is 3. The van der Waals surface area contributed by atoms with Gasteiger partial charge in [0.25, 0.3) is 5.91 Å². The summed E-state index contributed by atoms with van der Waals surface area (Å²) in [6, 6.07) is 4.64. The SMILES string of the molecule is O=C(NC1CCCCC1)c1nnc2n1CC[C@H]1CN(Cc3cccs3)C[C@H]21. The molecule has 1 saturated heterocycles. The highest BCUT2D eigenvalue weighted by Gasteiger charge is 2.40. The zero-order valence-corrected chi connectivity index (χ0v) is 16.5. The van der Waals surface area contributed by atoms with Crippen LogP contribution in [0, 0.1) is 5.92 Å². The Morgan fingerprint density at radius 3 is 2.89 bits per heavy atom. The first kappa shape index (κ1) is 17.4. The van der Waals surface area contributed by atoms with E-state index < -0.39 is 0 Å². The molecule has 144 valence electrons. The lowest BCUT2D eigenvalue weighted by Crippen LogP contribution is -2.38. The van der Waals surface area contributed by atoms with E-state index in [-0.39, 0.29) is 5.91 Å². The number of rotatable bonds is 4. The fourth-order valence-corrected chi connectivity index (χ4v) is 5.81. The molecule has 0 spiro atoms. The lowest BCUT2D eigenvalue weighted by molar-refractivity contribution is 0.0910. The Bertz CT molecular complexity index is 795. The summed E-state index contributed by atoms with van der Waals surface area (Å²) in [4.78, 5) is 16.7. The zero-order chi connectivity index (χ0) is 18.2. The number of aromatic nitrogens is 3. The molecule has 3 aliphatic rings. The fraction of sp³-hybridized carbons (Fsp3) is 0.650. The topological polar surface area (TPSA) is 63.1 Å². The van der Waals surface area contributed by atoms with E-state index in [9.17, 15) is 4.79 Å². The van der Waals surface area contributed by atoms with E-state index in [1.54, 1.807) is 0 Å². The maximum Gasteiger partial charge on any atom is 0.289 e. The average Bonchev–Trinajstić information content (AvgIpc) is 3.41. The van der Waals surface area contributed by atoms with Gasteiger partial charge in [-0.3, -0.25) is 9.69 Å². The van der Waals surface area contributed by atoms with Crippen molar-refractivity contribution in [2.45, 2.75) is 63.6 Å². The van der Waals surface area contributed by atoms with E-state index in [0.29, 0.717) is 23.7 Å². The number of carbonyl (C=O) groups excluding carboxylic acids is 1. The molecule has 27 heavy (non-hydrogen) atoms. The minimum atomic E-state index is -0.0347. The van der Waals surface area contributed by atoms with E-state index >= 15 is 0 Å². The Morgan fingerprint density at radius 1 is 1.19 bits per heavy atom. The molecule has 2 aromatic heterocycles. The third kappa shape index (κ3) is 3.43. The van der Waals surface area contributed by atoms with Gasteiger partial charge in [-0.25, -0.2) is 0 Å². The van der Waals surface area contributed by atoms with E-state index in [4.69, 9.17) is 0 Å². The second-order valence-electron chi connectivity index (χ2n) is 8.27. The quantitative estimate of drug-likeness (QED) is 0.879. The summed E-state index contributed by atoms with van der Waals surface area (Å²) >= 11 is 1.83. The molecule has 0 unspecified atom stereocenters. The van der Waals surface area contributed by atoms with Crippen LogP contribution in [0.5, 0.6) is 0 Å². The first-order valence-electron chi connectivity index (χ1n) is 10.3. The Labute approximate surface area is 164 Å². The molecule has 2 aromatic rings. The van der Waals surface area contributed by atoms with E-state index in [2.05, 4.69) is 42.5 Å². The van der Waals surface area contributed by atoms with Crippen molar-refractivity contribution in [2.75, 3.05) is 13.1 Å². The van der Waals surface area contributed by atoms with Gasteiger partial charge in [0, 0.05) is 43.0 Å². The monoisotopic (exact) mass is 385 g/mol. The predicted molar refractivity (Wildman–Crippen MR) is 105 cm³/mol. The van der Waals surface area contributed by atoms with Gasteiger partial charge in [-0.05, 0) is 36.6 Å². The molecule has 4 heterocycles. The molecule has 0 bridgehead atoms. The summed E-state index contributed by atoms with van der Waals surface area (Å²) in [7, 11) is 0. The van der Waals surface area contributed by atoms with Crippen molar-refractivity contribution in [1.29, 1.82) is 0 Å². The molecule has 2 fully saturated rings. The van der Waals surface area contributed by atoms with Crippen LogP contribution in [0.15, 0.2) is 17.5 Å². The Balaban J connectivity index is 1.29. The van der Waals surface area contributed by atoms with Crippen LogP contribution in [0.3, 0.4) is 0 Å². The molecular weight excluding hydrogens is 358 g/mol. The third-order valence-electron chi connectivity index (χ3n) is 6.45. The summed E-state index contributed by atoms with van der Waals surface area (Å²) in [5.74, 6) is 2.55. The summed E-state index contributed by atoms with van der Waals surface area (Å²) < 4.78 is 2.09. The molecule has 5 rings (SSSR count). The van der Waals surface area contributed by atoms with Crippen LogP contribution in [0.2, 0.25) is 0 Å². The highest BCUT2D eigenvalue weighted by atomic mass is 32.1. The number of nitrogens with one attached hydrogen (secondary N) is 1. The molecule has 0 aromatic carbocycles. The van der Waals surface area contributed by atoms with Gasteiger partial charge in [-0.2, -0.15) is 0 Å². The average molecular weight is 386 g/mol. The molecule has 1 N–H and O–H groups in total. The minimum Gasteiger partial charge on any atom is -0.347 e. The zero-order valence-electron chi connectivity index (χ0n) is 15.6. The van der Waals surface area contributed by atoms with Crippen molar-refractivity contribution in [3.05, 3.63) is 34.0 Å². The van der Waals surface area contributed by atoms with Crippen molar-refractivity contribution in [3.63, 3.8) is 0 Å². The van der Waals surface area contributed by atoms with Crippen LogP contribution in [0.1, 0.15) is 65.8 Å². The number of carbonyl (C=O) groups is 1. The second kappa shape index (κ2) is 7.36. The largest absolute Gasteiger partial charge is 0.347 e. The van der Waals surface area contributed by atoms with Crippen molar-refractivity contribution in [3.8, 4) is 0 Å². The van der Waals surface area contributed by atoms with E-state index in [1.807, 2.05) is 11.3 Å². The van der Waals surface area contributed by atoms with E-state index in [1.165, 1.54) is 24.1 Å². The minimum absolute atomic E-state index is 0.0347. The van der Waals surface area contributed by atoms with Crippen LogP contribution in [-0.2, 0) is 13.1 Å². The maximum absolute atomic E-state index is 12.8. The lowest BCUT2D eigenvalue weighted by Gasteiger charge is -2.26. The third-order valence-corrected chi connectivity index (χ3v) is 7.32. The van der Waals surface area contributed by atoms with Crippen LogP contribution in [0.4, 0.5) is 0 Å². The Kier molecular flexibility index (Phi) is 4.73. The summed E-state index contributed by atoms with van der Waals surface area (Å²) in [5.41, 5.74) is 0. The molecule has 7 heteroatoms. The number of amides is 1. The van der Waals surface area contributed by atoms with Crippen LogP contribution in [-0.4, -0.2) is 44.7 Å². The predicted octanol–water partition coefficient (Wildman–Crippen LogP) is 3.02. The van der Waals surface area contributed by atoms with Crippen LogP contribution in [0.25, 0.3) is 0 Å². The van der Waals surface area contributed by atoms with Gasteiger partial charge in [0.05, 0.1) is 0 Å². The second-order valence-corrected chi connectivity index (χ2v) is 9.30. The van der Waals surface area contributed by atoms with Crippen LogP contribution < -0.4 is 5.32 Å². The summed E-state index contributed by atoms with van der Waals surface area (Å²) in [6.07, 6.45) is 7.02. The normalized spacial score (nSPS) is 25.9. The van der Waals surface area contributed by atoms with Gasteiger partial charge < -0.3 is 9.88 Å². The first-order chi connectivity index (χ1) is 13.3. The van der Waals surface area contributed by atoms with Crippen molar-refractivity contribution in [2.24, 2.45) is 5.92 Å². The maximum atomic E-state index is 12.8. The molecule has 2 aliphatic heterocycles. The van der Waals surface area contributed by atoms with Crippen molar-refractivity contribution >= 4 is 17.2 Å². The van der Waals surface area contributed by atoms with Gasteiger partial charge >= 0.3 is 0 Å². The fourth-order valence-electron chi connectivity index (χ4n) is 5.07. The Hall–Kier alpha value is -1.73. The lowest BCUT2D eigenvalue weighted by atomic mass is 9.89. The molecule has 1 aliphatic carbocycles. The molecule has 1 saturated carbocycles. The van der Waals surface area contributed by atoms with Gasteiger partial charge in [-0.1, -0.05) is 25.3 Å². The summed E-state index contributed by atoms with van der Waals surface area (Å²) in [6.45, 7) is 4.03. The number of hydrogen-bond acceptors (Lipinski definition) is 5. The first-order valence-corrected chi connectivity index (χ1v) is 11.1. The standard InChI is InChI=1S/C20H27N5OS/c26-20(21-15-5-2-1-3-6-15)19-23-22-18-17-13-24(12-16-7-4-10-27-16)11-14(17)8-9-25(18)19/h4,7,10,14-15,17H,1-3,5-6,8-9,11-13H2,(H,21,26)/t14-,17-/m0/s1. The van der Waals surface area contributed by atoms with Crippen molar-refractivity contribution in [1.82, 2.24) is 25.0 Å². The molecule has 2 atom stereocenters. The molecular formula is C20H27N5OS.